The normalized spacial score (nSPS) is 16.3. The first-order valence-corrected chi connectivity index (χ1v) is 6.93. The van der Waals surface area contributed by atoms with Crippen LogP contribution in [0.4, 0.5) is 10.5 Å². The monoisotopic (exact) mass is 266 g/mol. The number of hydrogen-bond donors (Lipinski definition) is 2. The van der Waals surface area contributed by atoms with E-state index in [9.17, 15) is 4.79 Å². The predicted molar refractivity (Wildman–Crippen MR) is 73.1 cm³/mol. The predicted octanol–water partition coefficient (Wildman–Crippen LogP) is 1.84. The Labute approximate surface area is 113 Å². The largest absolute Gasteiger partial charge is 0.381 e. The zero-order valence-corrected chi connectivity index (χ0v) is 11.4. The van der Waals surface area contributed by atoms with Crippen molar-refractivity contribution in [3.8, 4) is 0 Å². The summed E-state index contributed by atoms with van der Waals surface area (Å²) < 4.78 is 7.23. The number of rotatable bonds is 5. The lowest BCUT2D eigenvalue weighted by molar-refractivity contribution is 0.0601. The second-order valence-corrected chi connectivity index (χ2v) is 4.89. The lowest BCUT2D eigenvalue weighted by Crippen LogP contribution is -2.29. The highest BCUT2D eigenvalue weighted by molar-refractivity contribution is 5.88. The van der Waals surface area contributed by atoms with Crippen molar-refractivity contribution in [2.45, 2.75) is 32.7 Å². The fourth-order valence-electron chi connectivity index (χ4n) is 2.14. The van der Waals surface area contributed by atoms with Gasteiger partial charge in [-0.05, 0) is 25.2 Å². The molecule has 6 heteroatoms. The molecule has 1 aromatic heterocycles. The quantitative estimate of drug-likeness (QED) is 0.854. The third-order valence-corrected chi connectivity index (χ3v) is 3.21. The molecule has 1 aliphatic rings. The van der Waals surface area contributed by atoms with Gasteiger partial charge in [-0.2, -0.15) is 5.10 Å². The van der Waals surface area contributed by atoms with E-state index < -0.39 is 0 Å². The maximum Gasteiger partial charge on any atom is 0.319 e. The van der Waals surface area contributed by atoms with Gasteiger partial charge in [-0.15, -0.1) is 0 Å². The number of aromatic nitrogens is 2. The summed E-state index contributed by atoms with van der Waals surface area (Å²) >= 11 is 0. The smallest absolute Gasteiger partial charge is 0.319 e. The highest BCUT2D eigenvalue weighted by atomic mass is 16.5. The molecule has 1 fully saturated rings. The van der Waals surface area contributed by atoms with Crippen molar-refractivity contribution in [1.82, 2.24) is 15.1 Å². The molecular weight excluding hydrogens is 244 g/mol. The SMILES string of the molecule is CCCNC(=O)Nc1cnn(CC2CCOCC2)c1. The van der Waals surface area contributed by atoms with Gasteiger partial charge in [-0.1, -0.05) is 6.92 Å². The molecule has 0 atom stereocenters. The van der Waals surface area contributed by atoms with E-state index in [-0.39, 0.29) is 6.03 Å². The van der Waals surface area contributed by atoms with Gasteiger partial charge in [-0.25, -0.2) is 4.79 Å². The highest BCUT2D eigenvalue weighted by Gasteiger charge is 2.15. The molecule has 0 aromatic carbocycles. The molecule has 106 valence electrons. The molecule has 0 unspecified atom stereocenters. The molecule has 0 saturated carbocycles. The second kappa shape index (κ2) is 7.13. The van der Waals surface area contributed by atoms with Gasteiger partial charge in [-0.3, -0.25) is 4.68 Å². The van der Waals surface area contributed by atoms with E-state index in [4.69, 9.17) is 4.74 Å². The van der Waals surface area contributed by atoms with E-state index in [2.05, 4.69) is 15.7 Å². The summed E-state index contributed by atoms with van der Waals surface area (Å²) in [4.78, 5) is 11.5. The van der Waals surface area contributed by atoms with Crippen LogP contribution in [0.25, 0.3) is 0 Å². The van der Waals surface area contributed by atoms with Crippen LogP contribution in [-0.2, 0) is 11.3 Å². The molecule has 2 rings (SSSR count). The van der Waals surface area contributed by atoms with Gasteiger partial charge in [0.05, 0.1) is 11.9 Å². The third kappa shape index (κ3) is 4.55. The van der Waals surface area contributed by atoms with E-state index in [0.29, 0.717) is 12.5 Å². The molecule has 1 aromatic rings. The van der Waals surface area contributed by atoms with Gasteiger partial charge in [0.15, 0.2) is 0 Å². The van der Waals surface area contributed by atoms with Crippen LogP contribution >= 0.6 is 0 Å². The van der Waals surface area contributed by atoms with Gasteiger partial charge in [0.25, 0.3) is 0 Å². The van der Waals surface area contributed by atoms with Crippen molar-refractivity contribution in [3.05, 3.63) is 12.4 Å². The van der Waals surface area contributed by atoms with E-state index in [1.54, 1.807) is 6.20 Å². The molecule has 0 aliphatic carbocycles. The van der Waals surface area contributed by atoms with Crippen LogP contribution in [0.5, 0.6) is 0 Å². The summed E-state index contributed by atoms with van der Waals surface area (Å²) in [6, 6.07) is -0.174. The van der Waals surface area contributed by atoms with Crippen LogP contribution in [0, 0.1) is 5.92 Å². The van der Waals surface area contributed by atoms with Gasteiger partial charge in [0.1, 0.15) is 0 Å². The van der Waals surface area contributed by atoms with Crippen molar-refractivity contribution in [1.29, 1.82) is 0 Å². The van der Waals surface area contributed by atoms with Crippen LogP contribution < -0.4 is 10.6 Å². The molecule has 2 heterocycles. The maximum absolute atomic E-state index is 11.5. The number of anilines is 1. The lowest BCUT2D eigenvalue weighted by Gasteiger charge is -2.21. The van der Waals surface area contributed by atoms with Crippen LogP contribution in [0.15, 0.2) is 12.4 Å². The minimum atomic E-state index is -0.174. The maximum atomic E-state index is 11.5. The zero-order valence-electron chi connectivity index (χ0n) is 11.4. The van der Waals surface area contributed by atoms with E-state index in [0.717, 1.165) is 44.7 Å². The fraction of sp³-hybridized carbons (Fsp3) is 0.692. The summed E-state index contributed by atoms with van der Waals surface area (Å²) in [5.74, 6) is 0.621. The average Bonchev–Trinajstić information content (AvgIpc) is 2.85. The number of urea groups is 1. The van der Waals surface area contributed by atoms with Gasteiger partial charge >= 0.3 is 6.03 Å². The summed E-state index contributed by atoms with van der Waals surface area (Å²) in [6.45, 7) is 5.28. The minimum Gasteiger partial charge on any atom is -0.381 e. The summed E-state index contributed by atoms with van der Waals surface area (Å²) in [7, 11) is 0. The Kier molecular flexibility index (Phi) is 5.20. The van der Waals surface area contributed by atoms with Crippen LogP contribution in [0.2, 0.25) is 0 Å². The lowest BCUT2D eigenvalue weighted by atomic mass is 10.0. The molecule has 2 amide bonds. The molecule has 19 heavy (non-hydrogen) atoms. The summed E-state index contributed by atoms with van der Waals surface area (Å²) in [5, 5.41) is 9.82. The van der Waals surface area contributed by atoms with E-state index in [1.165, 1.54) is 0 Å². The van der Waals surface area contributed by atoms with E-state index in [1.807, 2.05) is 17.8 Å². The van der Waals surface area contributed by atoms with Gasteiger partial charge in [0.2, 0.25) is 0 Å². The van der Waals surface area contributed by atoms with Crippen molar-refractivity contribution >= 4 is 11.7 Å². The number of hydrogen-bond acceptors (Lipinski definition) is 3. The Balaban J connectivity index is 1.79. The minimum absolute atomic E-state index is 0.174. The molecule has 0 bridgehead atoms. The Bertz CT molecular complexity index is 399. The first-order valence-electron chi connectivity index (χ1n) is 6.93. The number of carbonyl (C=O) groups is 1. The third-order valence-electron chi connectivity index (χ3n) is 3.21. The zero-order chi connectivity index (χ0) is 13.5. The van der Waals surface area contributed by atoms with E-state index >= 15 is 0 Å². The van der Waals surface area contributed by atoms with Crippen molar-refractivity contribution in [2.24, 2.45) is 5.92 Å². The van der Waals surface area contributed by atoms with Crippen molar-refractivity contribution in [2.75, 3.05) is 25.1 Å². The molecule has 0 spiro atoms. The molecule has 0 radical (unpaired) electrons. The molecule has 2 N–H and O–H groups in total. The molecular formula is C13H22N4O2. The highest BCUT2D eigenvalue weighted by Crippen LogP contribution is 2.17. The first-order chi connectivity index (χ1) is 9.28. The number of ether oxygens (including phenoxy) is 1. The Morgan fingerprint density at radius 2 is 2.32 bits per heavy atom. The van der Waals surface area contributed by atoms with Crippen LogP contribution in [0.1, 0.15) is 26.2 Å². The van der Waals surface area contributed by atoms with Gasteiger partial charge < -0.3 is 15.4 Å². The van der Waals surface area contributed by atoms with Crippen LogP contribution in [0.3, 0.4) is 0 Å². The first kappa shape index (κ1) is 13.9. The van der Waals surface area contributed by atoms with Crippen molar-refractivity contribution in [3.63, 3.8) is 0 Å². The standard InChI is InChI=1S/C13H22N4O2/c1-2-5-14-13(18)16-12-8-15-17(10-12)9-11-3-6-19-7-4-11/h8,10-11H,2-7,9H2,1H3,(H2,14,16,18). The Morgan fingerprint density at radius 1 is 1.53 bits per heavy atom. The molecule has 1 saturated heterocycles. The number of carbonyl (C=O) groups excluding carboxylic acids is 1. The number of nitrogens with zero attached hydrogens (tertiary/aromatic N) is 2. The van der Waals surface area contributed by atoms with Crippen LogP contribution in [-0.4, -0.2) is 35.6 Å². The molecule has 1 aliphatic heterocycles. The number of amides is 2. The molecule has 6 nitrogen and oxygen atoms in total. The number of nitrogens with one attached hydrogen (secondary N) is 2. The van der Waals surface area contributed by atoms with Crippen molar-refractivity contribution < 1.29 is 9.53 Å². The Hall–Kier alpha value is -1.56. The average molecular weight is 266 g/mol. The second-order valence-electron chi connectivity index (χ2n) is 4.89. The summed E-state index contributed by atoms with van der Waals surface area (Å²) in [5.41, 5.74) is 0.737. The topological polar surface area (TPSA) is 68.2 Å². The Morgan fingerprint density at radius 3 is 3.05 bits per heavy atom. The summed E-state index contributed by atoms with van der Waals surface area (Å²) in [6.07, 6.45) is 6.65. The van der Waals surface area contributed by atoms with Gasteiger partial charge in [0, 0.05) is 32.5 Å². The fourth-order valence-corrected chi connectivity index (χ4v) is 2.14.